The van der Waals surface area contributed by atoms with Crippen molar-refractivity contribution in [1.82, 2.24) is 19.1 Å². The normalized spacial score (nSPS) is 11.7. The quantitative estimate of drug-likeness (QED) is 0.507. The number of halogens is 3. The molecule has 4 rings (SSSR count). The number of rotatable bonds is 5. The number of nitrogens with zero attached hydrogens (tertiary/aromatic N) is 3. The number of imidazole rings is 1. The number of hydrogen-bond acceptors (Lipinski definition) is 5. The summed E-state index contributed by atoms with van der Waals surface area (Å²) in [6, 6.07) is 12.4. The van der Waals surface area contributed by atoms with Crippen LogP contribution >= 0.6 is 0 Å². The van der Waals surface area contributed by atoms with Crippen LogP contribution in [0.15, 0.2) is 58.1 Å². The molecule has 2 heterocycles. The molecule has 0 radical (unpaired) electrons. The fraction of sp³-hybridized carbons (Fsp3) is 0.190. The maximum Gasteiger partial charge on any atom is 0.573 e. The third kappa shape index (κ3) is 4.36. The van der Waals surface area contributed by atoms with Crippen LogP contribution < -0.4 is 20.7 Å². The highest BCUT2D eigenvalue weighted by Gasteiger charge is 2.31. The topological polar surface area (TPSA) is 91.1 Å². The molecule has 0 fully saturated rings. The van der Waals surface area contributed by atoms with E-state index < -0.39 is 23.4 Å². The van der Waals surface area contributed by atoms with E-state index in [-0.39, 0.29) is 29.5 Å². The van der Waals surface area contributed by atoms with Gasteiger partial charge >= 0.3 is 18.1 Å². The minimum absolute atomic E-state index is 0.00800. The second kappa shape index (κ2) is 7.91. The molecule has 0 saturated heterocycles. The van der Waals surface area contributed by atoms with Crippen LogP contribution in [0.25, 0.3) is 11.2 Å². The Morgan fingerprint density at radius 2 is 1.75 bits per heavy atom. The minimum Gasteiger partial charge on any atom is -0.425 e. The Morgan fingerprint density at radius 3 is 2.44 bits per heavy atom. The maximum atomic E-state index is 12.6. The fourth-order valence-electron chi connectivity index (χ4n) is 3.16. The molecular weight excluding hydrogens is 429 g/mol. The van der Waals surface area contributed by atoms with E-state index in [2.05, 4.69) is 14.7 Å². The fourth-order valence-corrected chi connectivity index (χ4v) is 3.16. The number of aromatic amines is 1. The first-order valence-electron chi connectivity index (χ1n) is 9.39. The van der Waals surface area contributed by atoms with E-state index in [0.717, 1.165) is 27.8 Å². The van der Waals surface area contributed by atoms with Crippen molar-refractivity contribution in [3.63, 3.8) is 0 Å². The van der Waals surface area contributed by atoms with Crippen molar-refractivity contribution >= 4 is 11.2 Å². The number of aryl methyl sites for hydroxylation is 2. The van der Waals surface area contributed by atoms with Crippen molar-refractivity contribution in [1.29, 1.82) is 0 Å². The van der Waals surface area contributed by atoms with Gasteiger partial charge in [-0.2, -0.15) is 4.98 Å². The summed E-state index contributed by atoms with van der Waals surface area (Å²) >= 11 is 0. The zero-order chi connectivity index (χ0) is 23.0. The summed E-state index contributed by atoms with van der Waals surface area (Å²) in [5.41, 5.74) is 0.708. The van der Waals surface area contributed by atoms with Gasteiger partial charge in [-0.25, -0.2) is 4.79 Å². The first-order valence-corrected chi connectivity index (χ1v) is 9.39. The Hall–Kier alpha value is -4.02. The van der Waals surface area contributed by atoms with Gasteiger partial charge in [0.15, 0.2) is 11.2 Å². The largest absolute Gasteiger partial charge is 0.573 e. The van der Waals surface area contributed by atoms with Crippen LogP contribution in [0.4, 0.5) is 13.2 Å². The average Bonchev–Trinajstić information content (AvgIpc) is 3.05. The van der Waals surface area contributed by atoms with Crippen molar-refractivity contribution in [3.8, 4) is 17.5 Å². The van der Waals surface area contributed by atoms with Gasteiger partial charge in [-0.1, -0.05) is 35.9 Å². The molecule has 0 unspecified atom stereocenters. The van der Waals surface area contributed by atoms with E-state index in [1.165, 1.54) is 23.7 Å². The summed E-state index contributed by atoms with van der Waals surface area (Å²) < 4.78 is 49.9. The first-order chi connectivity index (χ1) is 15.1. The second-order valence-electron chi connectivity index (χ2n) is 7.08. The number of nitrogens with one attached hydrogen (secondary N) is 1. The van der Waals surface area contributed by atoms with Crippen LogP contribution in [-0.2, 0) is 13.6 Å². The minimum atomic E-state index is -4.86. The molecule has 4 aromatic rings. The average molecular weight is 446 g/mol. The lowest BCUT2D eigenvalue weighted by Gasteiger charge is -2.12. The van der Waals surface area contributed by atoms with Crippen molar-refractivity contribution in [2.75, 3.05) is 0 Å². The van der Waals surface area contributed by atoms with Gasteiger partial charge in [0, 0.05) is 13.1 Å². The van der Waals surface area contributed by atoms with Crippen LogP contribution in [0.3, 0.4) is 0 Å². The summed E-state index contributed by atoms with van der Waals surface area (Å²) in [7, 11) is 1.44. The molecule has 8 nitrogen and oxygen atoms in total. The molecule has 32 heavy (non-hydrogen) atoms. The van der Waals surface area contributed by atoms with Crippen molar-refractivity contribution in [2.24, 2.45) is 7.05 Å². The lowest BCUT2D eigenvalue weighted by molar-refractivity contribution is -0.274. The number of hydrogen-bond donors (Lipinski definition) is 1. The zero-order valence-electron chi connectivity index (χ0n) is 16.9. The molecule has 0 atom stereocenters. The van der Waals surface area contributed by atoms with Crippen LogP contribution in [0.2, 0.25) is 0 Å². The standard InChI is InChI=1S/C21H17F3N4O4/c1-12-6-8-13(9-7-12)11-28-16-17(27(2)19(30)26-18(16)29)25-20(28)31-14-4-3-5-15(10-14)32-21(22,23)24/h3-10H,11H2,1-2H3,(H,26,29,30). The highest BCUT2D eigenvalue weighted by Crippen LogP contribution is 2.30. The van der Waals surface area contributed by atoms with Gasteiger partial charge in [-0.3, -0.25) is 18.9 Å². The van der Waals surface area contributed by atoms with Gasteiger partial charge in [0.05, 0.1) is 6.54 Å². The Kier molecular flexibility index (Phi) is 5.25. The first kappa shape index (κ1) is 21.2. The molecular formula is C21H17F3N4O4. The second-order valence-corrected chi connectivity index (χ2v) is 7.08. The molecule has 0 bridgehead atoms. The summed E-state index contributed by atoms with van der Waals surface area (Å²) in [6.45, 7) is 2.10. The molecule has 0 aliphatic heterocycles. The van der Waals surface area contributed by atoms with Crippen molar-refractivity contribution in [2.45, 2.75) is 19.8 Å². The lowest BCUT2D eigenvalue weighted by atomic mass is 10.1. The number of aromatic nitrogens is 4. The number of ether oxygens (including phenoxy) is 2. The SMILES string of the molecule is Cc1ccc(Cn2c(Oc3cccc(OC(F)(F)F)c3)nc3c2c(=O)[nH]c(=O)n3C)cc1. The molecule has 11 heteroatoms. The van der Waals surface area contributed by atoms with Gasteiger partial charge in [0.1, 0.15) is 11.5 Å². The van der Waals surface area contributed by atoms with Gasteiger partial charge < -0.3 is 9.47 Å². The highest BCUT2D eigenvalue weighted by atomic mass is 19.4. The van der Waals surface area contributed by atoms with E-state index in [0.29, 0.717) is 0 Å². The van der Waals surface area contributed by atoms with E-state index in [1.54, 1.807) is 0 Å². The number of fused-ring (bicyclic) bond motifs is 1. The summed E-state index contributed by atoms with van der Waals surface area (Å²) in [4.78, 5) is 31.1. The Labute approximate surface area is 178 Å². The summed E-state index contributed by atoms with van der Waals surface area (Å²) in [6.07, 6.45) is -4.86. The van der Waals surface area contributed by atoms with E-state index >= 15 is 0 Å². The monoisotopic (exact) mass is 446 g/mol. The van der Waals surface area contributed by atoms with E-state index in [9.17, 15) is 22.8 Å². The molecule has 0 aliphatic rings. The zero-order valence-corrected chi connectivity index (χ0v) is 16.9. The van der Waals surface area contributed by atoms with Crippen LogP contribution in [-0.4, -0.2) is 25.5 Å². The molecule has 0 aliphatic carbocycles. The smallest absolute Gasteiger partial charge is 0.425 e. The highest BCUT2D eigenvalue weighted by molar-refractivity contribution is 5.72. The Bertz CT molecular complexity index is 1400. The number of alkyl halides is 3. The molecule has 2 aromatic carbocycles. The molecule has 166 valence electrons. The maximum absolute atomic E-state index is 12.6. The van der Waals surface area contributed by atoms with Gasteiger partial charge in [0.2, 0.25) is 0 Å². The van der Waals surface area contributed by atoms with E-state index in [4.69, 9.17) is 4.74 Å². The number of benzene rings is 2. The lowest BCUT2D eigenvalue weighted by Crippen LogP contribution is -2.29. The summed E-state index contributed by atoms with van der Waals surface area (Å²) in [5, 5.41) is 0. The molecule has 2 aromatic heterocycles. The van der Waals surface area contributed by atoms with Gasteiger partial charge in [-0.15, -0.1) is 13.2 Å². The molecule has 0 saturated carbocycles. The summed E-state index contributed by atoms with van der Waals surface area (Å²) in [5.74, 6) is -0.463. The predicted molar refractivity (Wildman–Crippen MR) is 109 cm³/mol. The third-order valence-corrected chi connectivity index (χ3v) is 4.68. The van der Waals surface area contributed by atoms with Crippen LogP contribution in [0, 0.1) is 6.92 Å². The third-order valence-electron chi connectivity index (χ3n) is 4.68. The van der Waals surface area contributed by atoms with E-state index in [1.807, 2.05) is 31.2 Å². The van der Waals surface area contributed by atoms with Gasteiger partial charge in [-0.05, 0) is 24.6 Å². The van der Waals surface area contributed by atoms with Crippen LogP contribution in [0.1, 0.15) is 11.1 Å². The number of H-pyrrole nitrogens is 1. The molecule has 1 N–H and O–H groups in total. The van der Waals surface area contributed by atoms with Gasteiger partial charge in [0.25, 0.3) is 5.56 Å². The Morgan fingerprint density at radius 1 is 1.06 bits per heavy atom. The Balaban J connectivity index is 1.82. The van der Waals surface area contributed by atoms with Crippen molar-refractivity contribution in [3.05, 3.63) is 80.5 Å². The molecule has 0 spiro atoms. The van der Waals surface area contributed by atoms with Crippen LogP contribution in [0.5, 0.6) is 17.5 Å². The van der Waals surface area contributed by atoms with Crippen molar-refractivity contribution < 1.29 is 22.6 Å². The molecule has 0 amide bonds. The predicted octanol–water partition coefficient (Wildman–Crippen LogP) is 3.47.